The van der Waals surface area contributed by atoms with Gasteiger partial charge in [0.15, 0.2) is 0 Å². The summed E-state index contributed by atoms with van der Waals surface area (Å²) in [5.74, 6) is -0.807. The van der Waals surface area contributed by atoms with Gasteiger partial charge in [-0.15, -0.1) is 0 Å². The second-order valence-electron chi connectivity index (χ2n) is 10.6. The van der Waals surface area contributed by atoms with Crippen LogP contribution < -0.4 is 20.9 Å². The summed E-state index contributed by atoms with van der Waals surface area (Å²) in [6.07, 6.45) is 0.333. The maximum Gasteiger partial charge on any atom is 0.319 e. The van der Waals surface area contributed by atoms with Crippen LogP contribution in [0.2, 0.25) is 5.02 Å². The smallest absolute Gasteiger partial charge is 0.319 e. The van der Waals surface area contributed by atoms with E-state index in [0.29, 0.717) is 22.8 Å². The zero-order valence-corrected chi connectivity index (χ0v) is 22.8. The van der Waals surface area contributed by atoms with Crippen LogP contribution in [0.3, 0.4) is 0 Å². The molecule has 0 saturated carbocycles. The molecule has 198 valence electrons. The van der Waals surface area contributed by atoms with Crippen molar-refractivity contribution < 1.29 is 14.4 Å². The summed E-state index contributed by atoms with van der Waals surface area (Å²) >= 11 is 6.06. The van der Waals surface area contributed by atoms with Gasteiger partial charge in [0.05, 0.1) is 0 Å². The number of carbonyl (C=O) groups is 3. The molecule has 1 aliphatic heterocycles. The Morgan fingerprint density at radius 3 is 2.42 bits per heavy atom. The van der Waals surface area contributed by atoms with E-state index < -0.39 is 17.6 Å². The van der Waals surface area contributed by atoms with Gasteiger partial charge < -0.3 is 20.9 Å². The predicted octanol–water partition coefficient (Wildman–Crippen LogP) is 5.62. The Morgan fingerprint density at radius 1 is 1.00 bits per heavy atom. The highest BCUT2D eigenvalue weighted by molar-refractivity contribution is 6.30. The lowest BCUT2D eigenvalue weighted by Crippen LogP contribution is -2.53. The van der Waals surface area contributed by atoms with Gasteiger partial charge in [0, 0.05) is 27.9 Å². The lowest BCUT2D eigenvalue weighted by atomic mass is 9.85. The molecule has 0 aliphatic carbocycles. The molecule has 7 nitrogen and oxygen atoms in total. The monoisotopic (exact) mass is 532 g/mol. The first-order chi connectivity index (χ1) is 18.0. The average Bonchev–Trinajstić information content (AvgIpc) is 2.94. The molecule has 3 N–H and O–H groups in total. The number of aryl methyl sites for hydroxylation is 1. The summed E-state index contributed by atoms with van der Waals surface area (Å²) < 4.78 is 0. The molecular formula is C30H33ClN4O3. The van der Waals surface area contributed by atoms with Gasteiger partial charge in [0.25, 0.3) is 0 Å². The van der Waals surface area contributed by atoms with Crippen LogP contribution in [-0.2, 0) is 9.59 Å². The second-order valence-corrected chi connectivity index (χ2v) is 11.1. The van der Waals surface area contributed by atoms with Gasteiger partial charge in [-0.1, -0.05) is 65.7 Å². The van der Waals surface area contributed by atoms with Gasteiger partial charge >= 0.3 is 6.03 Å². The first-order valence-corrected chi connectivity index (χ1v) is 13.0. The number of nitrogens with zero attached hydrogens (tertiary/aromatic N) is 1. The molecule has 0 saturated heterocycles. The number of amides is 4. The van der Waals surface area contributed by atoms with Crippen LogP contribution in [0.15, 0.2) is 72.8 Å². The van der Waals surface area contributed by atoms with E-state index in [1.807, 2.05) is 70.2 Å². The van der Waals surface area contributed by atoms with Gasteiger partial charge in [0.1, 0.15) is 12.6 Å². The van der Waals surface area contributed by atoms with Crippen molar-refractivity contribution in [2.75, 3.05) is 16.8 Å². The zero-order chi connectivity index (χ0) is 27.4. The number of fused-ring (bicyclic) bond motifs is 1. The Balaban J connectivity index is 1.72. The molecule has 4 rings (SSSR count). The lowest BCUT2D eigenvalue weighted by Gasteiger charge is -2.28. The molecular weight excluding hydrogens is 500 g/mol. The number of nitrogens with one attached hydrogen (secondary N) is 3. The largest absolute Gasteiger partial charge is 0.350 e. The van der Waals surface area contributed by atoms with E-state index in [1.165, 1.54) is 4.90 Å². The molecule has 3 aromatic rings. The first-order valence-electron chi connectivity index (χ1n) is 12.6. The zero-order valence-electron chi connectivity index (χ0n) is 22.0. The van der Waals surface area contributed by atoms with Crippen molar-refractivity contribution in [3.8, 4) is 0 Å². The highest BCUT2D eigenvalue weighted by Crippen LogP contribution is 2.39. The Bertz CT molecular complexity index is 1340. The van der Waals surface area contributed by atoms with Crippen molar-refractivity contribution in [3.63, 3.8) is 0 Å². The molecule has 2 unspecified atom stereocenters. The number of urea groups is 1. The Hall–Kier alpha value is -3.84. The lowest BCUT2D eigenvalue weighted by molar-refractivity contribution is -0.125. The number of halogens is 1. The summed E-state index contributed by atoms with van der Waals surface area (Å²) in [7, 11) is 0. The quantitative estimate of drug-likeness (QED) is 0.398. The second kappa shape index (κ2) is 11.3. The van der Waals surface area contributed by atoms with Gasteiger partial charge in [-0.2, -0.15) is 0 Å². The summed E-state index contributed by atoms with van der Waals surface area (Å²) in [6, 6.07) is 21.2. The SMILES string of the molecule is Cc1ccc2c(c1)C(c1ccccc1)CC(NC(=O)Nc1cccc(Cl)c1)C(=O)N2CC(=O)NC(C)(C)C. The summed E-state index contributed by atoms with van der Waals surface area (Å²) in [4.78, 5) is 41.5. The minimum absolute atomic E-state index is 0.165. The topological polar surface area (TPSA) is 90.5 Å². The van der Waals surface area contributed by atoms with Crippen molar-refractivity contribution >= 4 is 40.8 Å². The highest BCUT2D eigenvalue weighted by Gasteiger charge is 2.37. The summed E-state index contributed by atoms with van der Waals surface area (Å²) in [6.45, 7) is 7.51. The Morgan fingerprint density at radius 2 is 1.74 bits per heavy atom. The molecule has 38 heavy (non-hydrogen) atoms. The predicted molar refractivity (Wildman–Crippen MR) is 152 cm³/mol. The van der Waals surface area contributed by atoms with Crippen LogP contribution in [0.5, 0.6) is 0 Å². The molecule has 0 bridgehead atoms. The fraction of sp³-hybridized carbons (Fsp3) is 0.300. The van der Waals surface area contributed by atoms with E-state index in [0.717, 1.165) is 16.7 Å². The van der Waals surface area contributed by atoms with Gasteiger partial charge in [-0.3, -0.25) is 9.59 Å². The van der Waals surface area contributed by atoms with Gasteiger partial charge in [-0.25, -0.2) is 4.79 Å². The van der Waals surface area contributed by atoms with Crippen molar-refractivity contribution in [2.24, 2.45) is 0 Å². The number of hydrogen-bond donors (Lipinski definition) is 3. The summed E-state index contributed by atoms with van der Waals surface area (Å²) in [5, 5.41) is 9.05. The molecule has 4 amide bonds. The van der Waals surface area contributed by atoms with Crippen molar-refractivity contribution in [2.45, 2.75) is 51.6 Å². The van der Waals surface area contributed by atoms with E-state index >= 15 is 0 Å². The van der Waals surface area contributed by atoms with E-state index in [4.69, 9.17) is 11.6 Å². The number of rotatable bonds is 5. The van der Waals surface area contributed by atoms with Crippen LogP contribution in [0.1, 0.15) is 49.8 Å². The molecule has 3 aromatic carbocycles. The number of hydrogen-bond acceptors (Lipinski definition) is 3. The molecule has 1 heterocycles. The number of carbonyl (C=O) groups excluding carboxylic acids is 3. The third-order valence-corrected chi connectivity index (χ3v) is 6.53. The fourth-order valence-electron chi connectivity index (χ4n) is 4.75. The van der Waals surface area contributed by atoms with Crippen molar-refractivity contribution in [3.05, 3.63) is 94.5 Å². The Labute approximate surface area is 228 Å². The molecule has 0 fully saturated rings. The fourth-order valence-corrected chi connectivity index (χ4v) is 4.94. The molecule has 0 radical (unpaired) electrons. The van der Waals surface area contributed by atoms with E-state index in [9.17, 15) is 14.4 Å². The van der Waals surface area contributed by atoms with E-state index in [2.05, 4.69) is 22.0 Å². The van der Waals surface area contributed by atoms with Crippen LogP contribution in [0.25, 0.3) is 0 Å². The molecule has 0 spiro atoms. The van der Waals surface area contributed by atoms with Crippen LogP contribution in [0.4, 0.5) is 16.2 Å². The molecule has 8 heteroatoms. The number of benzene rings is 3. The van der Waals surface area contributed by atoms with E-state index in [-0.39, 0.29) is 24.3 Å². The average molecular weight is 533 g/mol. The minimum Gasteiger partial charge on any atom is -0.350 e. The first kappa shape index (κ1) is 27.2. The highest BCUT2D eigenvalue weighted by atomic mass is 35.5. The van der Waals surface area contributed by atoms with Gasteiger partial charge in [-0.05, 0) is 69.5 Å². The summed E-state index contributed by atoms with van der Waals surface area (Å²) in [5.41, 5.74) is 3.72. The van der Waals surface area contributed by atoms with Crippen LogP contribution in [-0.4, -0.2) is 36.0 Å². The Kier molecular flexibility index (Phi) is 8.07. The third-order valence-electron chi connectivity index (χ3n) is 6.29. The maximum atomic E-state index is 14.0. The molecule has 1 aliphatic rings. The van der Waals surface area contributed by atoms with Crippen LogP contribution in [0, 0.1) is 6.92 Å². The van der Waals surface area contributed by atoms with E-state index in [1.54, 1.807) is 24.3 Å². The minimum atomic E-state index is -0.880. The van der Waals surface area contributed by atoms with Crippen LogP contribution >= 0.6 is 11.6 Å². The normalized spacial score (nSPS) is 17.3. The number of anilines is 2. The standard InChI is InChI=1S/C30H33ClN4O3/c1-19-13-14-26-24(15-19)23(20-9-6-5-7-10-20)17-25(28(37)35(26)18-27(36)34-30(2,3)4)33-29(38)32-22-12-8-11-21(31)16-22/h5-16,23,25H,17-18H2,1-4H3,(H,34,36)(H2,32,33,38). The maximum absolute atomic E-state index is 14.0. The van der Waals surface area contributed by atoms with Crippen molar-refractivity contribution in [1.29, 1.82) is 0 Å². The van der Waals surface area contributed by atoms with Gasteiger partial charge in [0.2, 0.25) is 11.8 Å². The molecule has 0 aromatic heterocycles. The third kappa shape index (κ3) is 6.72. The van der Waals surface area contributed by atoms with Crippen molar-refractivity contribution in [1.82, 2.24) is 10.6 Å². The molecule has 2 atom stereocenters.